The lowest BCUT2D eigenvalue weighted by atomic mass is 10.2. The van der Waals surface area contributed by atoms with Gasteiger partial charge in [0.15, 0.2) is 5.52 Å². The zero-order chi connectivity index (χ0) is 13.0. The third-order valence-electron chi connectivity index (χ3n) is 2.48. The highest BCUT2D eigenvalue weighted by molar-refractivity contribution is 7.59. The third-order valence-corrected chi connectivity index (χ3v) is 4.51. The summed E-state index contributed by atoms with van der Waals surface area (Å²) in [5, 5.41) is 0.807. The van der Waals surface area contributed by atoms with Gasteiger partial charge in [0.25, 0.3) is 0 Å². The summed E-state index contributed by atoms with van der Waals surface area (Å²) in [7, 11) is 1.67. The van der Waals surface area contributed by atoms with Gasteiger partial charge in [0.2, 0.25) is 0 Å². The molecule has 0 saturated heterocycles. The van der Waals surface area contributed by atoms with E-state index < -0.39 is 0 Å². The third kappa shape index (κ3) is 3.58. The molecule has 0 saturated carbocycles. The molecule has 17 heavy (non-hydrogen) atoms. The number of benzene rings is 1. The molecule has 0 amide bonds. The molecule has 1 rings (SSSR count). The highest BCUT2D eigenvalue weighted by atomic mass is 35.5. The van der Waals surface area contributed by atoms with Crippen molar-refractivity contribution in [3.63, 3.8) is 0 Å². The van der Waals surface area contributed by atoms with Crippen LogP contribution in [0.25, 0.3) is 0 Å². The summed E-state index contributed by atoms with van der Waals surface area (Å²) < 4.78 is 5.16. The maximum absolute atomic E-state index is 12.2. The first-order valence-corrected chi connectivity index (χ1v) is 7.17. The van der Waals surface area contributed by atoms with Gasteiger partial charge in [-0.2, -0.15) is 0 Å². The van der Waals surface area contributed by atoms with Gasteiger partial charge in [-0.1, -0.05) is 37.0 Å². The minimum atomic E-state index is 0.00343. The zero-order valence-corrected chi connectivity index (χ0v) is 12.5. The van der Waals surface area contributed by atoms with E-state index in [4.69, 9.17) is 27.9 Å². The molecular formula is C12H15Cl2O2P. The van der Waals surface area contributed by atoms with Crippen LogP contribution in [0.15, 0.2) is 12.1 Å². The molecule has 0 spiro atoms. The van der Waals surface area contributed by atoms with E-state index in [1.54, 1.807) is 12.1 Å². The lowest BCUT2D eigenvalue weighted by Crippen LogP contribution is -2.03. The Kier molecular flexibility index (Phi) is 5.72. The van der Waals surface area contributed by atoms with E-state index in [-0.39, 0.29) is 14.1 Å². The van der Waals surface area contributed by atoms with Gasteiger partial charge in [0, 0.05) is 0 Å². The summed E-state index contributed by atoms with van der Waals surface area (Å²) in [6, 6.07) is 3.26. The van der Waals surface area contributed by atoms with Crippen molar-refractivity contribution < 1.29 is 9.53 Å². The molecule has 0 heterocycles. The van der Waals surface area contributed by atoms with Crippen LogP contribution in [0.4, 0.5) is 0 Å². The average molecular weight is 293 g/mol. The van der Waals surface area contributed by atoms with E-state index in [9.17, 15) is 4.79 Å². The molecule has 0 N–H and O–H groups in total. The molecule has 0 aliphatic carbocycles. The van der Waals surface area contributed by atoms with Crippen molar-refractivity contribution in [2.24, 2.45) is 0 Å². The molecule has 94 valence electrons. The van der Waals surface area contributed by atoms with Crippen molar-refractivity contribution in [2.45, 2.75) is 25.9 Å². The summed E-state index contributed by atoms with van der Waals surface area (Å²) >= 11 is 12.0. The van der Waals surface area contributed by atoms with E-state index >= 15 is 0 Å². The lowest BCUT2D eigenvalue weighted by Gasteiger charge is -2.13. The largest absolute Gasteiger partial charge is 0.494 e. The summed E-state index contributed by atoms with van der Waals surface area (Å²) in [4.78, 5) is 12.2. The highest BCUT2D eigenvalue weighted by Crippen LogP contribution is 2.39. The molecule has 2 atom stereocenters. The van der Waals surface area contributed by atoms with Crippen LogP contribution in [0.1, 0.15) is 30.6 Å². The summed E-state index contributed by atoms with van der Waals surface area (Å²) in [6.45, 7) is 4.10. The Labute approximate surface area is 113 Å². The van der Waals surface area contributed by atoms with Gasteiger partial charge in [-0.25, -0.2) is 0 Å². The SMILES string of the molecule is CCC(C)PC(=O)c1c(Cl)ccc(Cl)c1OC. The van der Waals surface area contributed by atoms with Crippen LogP contribution in [-0.4, -0.2) is 18.3 Å². The Morgan fingerprint density at radius 1 is 1.41 bits per heavy atom. The Morgan fingerprint density at radius 2 is 2.00 bits per heavy atom. The van der Waals surface area contributed by atoms with Crippen LogP contribution in [-0.2, 0) is 0 Å². The van der Waals surface area contributed by atoms with E-state index in [0.29, 0.717) is 27.0 Å². The van der Waals surface area contributed by atoms with Crippen LogP contribution < -0.4 is 4.74 Å². The normalized spacial score (nSPS) is 13.0. The van der Waals surface area contributed by atoms with Gasteiger partial charge in [-0.05, 0) is 32.8 Å². The molecule has 1 aromatic carbocycles. The summed E-state index contributed by atoms with van der Waals surface area (Å²) in [6.07, 6.45) is 0.963. The number of hydrogen-bond acceptors (Lipinski definition) is 2. The molecule has 1 aromatic rings. The van der Waals surface area contributed by atoms with Gasteiger partial charge in [0.05, 0.1) is 22.7 Å². The smallest absolute Gasteiger partial charge is 0.186 e. The van der Waals surface area contributed by atoms with Crippen LogP contribution in [0.2, 0.25) is 10.0 Å². The number of methoxy groups -OCH3 is 1. The monoisotopic (exact) mass is 292 g/mol. The first kappa shape index (κ1) is 14.8. The zero-order valence-electron chi connectivity index (χ0n) is 10.0. The maximum atomic E-state index is 12.2. The fourth-order valence-electron chi connectivity index (χ4n) is 1.34. The quantitative estimate of drug-likeness (QED) is 0.740. The summed E-state index contributed by atoms with van der Waals surface area (Å²) in [5.74, 6) is 0.375. The molecule has 0 aliphatic heterocycles. The molecule has 2 unspecified atom stereocenters. The predicted molar refractivity (Wildman–Crippen MR) is 75.4 cm³/mol. The highest BCUT2D eigenvalue weighted by Gasteiger charge is 2.20. The Hall–Kier alpha value is -0.300. The molecule has 0 aromatic heterocycles. The number of ether oxygens (including phenoxy) is 1. The minimum Gasteiger partial charge on any atom is -0.494 e. The van der Waals surface area contributed by atoms with Crippen molar-refractivity contribution in [1.29, 1.82) is 0 Å². The number of rotatable bonds is 5. The average Bonchev–Trinajstić information content (AvgIpc) is 2.31. The number of hydrogen-bond donors (Lipinski definition) is 0. The number of halogens is 2. The van der Waals surface area contributed by atoms with E-state index in [1.165, 1.54) is 7.11 Å². The molecule has 2 nitrogen and oxygen atoms in total. The fraction of sp³-hybridized carbons (Fsp3) is 0.417. The van der Waals surface area contributed by atoms with Crippen molar-refractivity contribution >= 4 is 37.3 Å². The van der Waals surface area contributed by atoms with Gasteiger partial charge in [-0.3, -0.25) is 4.79 Å². The lowest BCUT2D eigenvalue weighted by molar-refractivity contribution is 0.108. The van der Waals surface area contributed by atoms with Crippen LogP contribution in [0.3, 0.4) is 0 Å². The van der Waals surface area contributed by atoms with Crippen molar-refractivity contribution in [2.75, 3.05) is 7.11 Å². The van der Waals surface area contributed by atoms with E-state index in [0.717, 1.165) is 6.42 Å². The first-order valence-electron chi connectivity index (χ1n) is 5.34. The first-order chi connectivity index (χ1) is 8.01. The predicted octanol–water partition coefficient (Wildman–Crippen LogP) is 4.62. The van der Waals surface area contributed by atoms with Gasteiger partial charge in [0.1, 0.15) is 5.75 Å². The Balaban J connectivity index is 3.11. The molecule has 0 bridgehead atoms. The molecular weight excluding hydrogens is 278 g/mol. The van der Waals surface area contributed by atoms with Crippen LogP contribution >= 0.6 is 31.8 Å². The van der Waals surface area contributed by atoms with Crippen molar-refractivity contribution in [1.82, 2.24) is 0 Å². The van der Waals surface area contributed by atoms with Crippen LogP contribution in [0, 0.1) is 0 Å². The Bertz CT molecular complexity index is 421. The maximum Gasteiger partial charge on any atom is 0.186 e. The fourth-order valence-corrected chi connectivity index (χ4v) is 2.94. The molecule has 5 heteroatoms. The minimum absolute atomic E-state index is 0.00343. The van der Waals surface area contributed by atoms with Crippen LogP contribution in [0.5, 0.6) is 5.75 Å². The van der Waals surface area contributed by atoms with Gasteiger partial charge in [-0.15, -0.1) is 0 Å². The topological polar surface area (TPSA) is 26.3 Å². The standard InChI is InChI=1S/C12H15Cl2O2P/c1-4-7(2)17-12(15)10-8(13)5-6-9(14)11(10)16-3/h5-7,17H,4H2,1-3H3. The van der Waals surface area contributed by atoms with Gasteiger partial charge >= 0.3 is 0 Å². The van der Waals surface area contributed by atoms with Gasteiger partial charge < -0.3 is 4.74 Å². The summed E-state index contributed by atoms with van der Waals surface area (Å²) in [5.41, 5.74) is 0.756. The second kappa shape index (κ2) is 6.58. The second-order valence-corrected chi connectivity index (χ2v) is 6.26. The molecule has 0 radical (unpaired) electrons. The number of carbonyl (C=O) groups excluding carboxylic acids is 1. The second-order valence-electron chi connectivity index (χ2n) is 3.72. The molecule has 0 aliphatic rings. The number of carbonyl (C=O) groups is 1. The van der Waals surface area contributed by atoms with E-state index in [1.807, 2.05) is 6.92 Å². The van der Waals surface area contributed by atoms with Crippen molar-refractivity contribution in [3.05, 3.63) is 27.7 Å². The van der Waals surface area contributed by atoms with Crippen molar-refractivity contribution in [3.8, 4) is 5.75 Å². The van der Waals surface area contributed by atoms with E-state index in [2.05, 4.69) is 6.92 Å². The Morgan fingerprint density at radius 3 is 2.53 bits per heavy atom. The molecule has 0 fully saturated rings.